The van der Waals surface area contributed by atoms with Gasteiger partial charge in [0.25, 0.3) is 5.24 Å². The van der Waals surface area contributed by atoms with Crippen LogP contribution in [-0.2, 0) is 0 Å². The molecule has 0 aromatic heterocycles. The molecule has 0 saturated carbocycles. The van der Waals surface area contributed by atoms with Crippen LogP contribution in [0.3, 0.4) is 0 Å². The van der Waals surface area contributed by atoms with Crippen molar-refractivity contribution in [3.05, 3.63) is 23.3 Å². The first-order valence-electron chi connectivity index (χ1n) is 4.59. The molecule has 0 aliphatic carbocycles. The van der Waals surface area contributed by atoms with Gasteiger partial charge < -0.3 is 9.64 Å². The van der Waals surface area contributed by atoms with Crippen LogP contribution in [0.15, 0.2) is 12.1 Å². The largest absolute Gasteiger partial charge is 0.495 e. The first kappa shape index (κ1) is 11.9. The first-order chi connectivity index (χ1) is 6.97. The zero-order valence-electron chi connectivity index (χ0n) is 9.37. The molecule has 3 nitrogen and oxygen atoms in total. The maximum atomic E-state index is 11.1. The lowest BCUT2D eigenvalue weighted by Crippen LogP contribution is -2.20. The van der Waals surface area contributed by atoms with E-state index in [1.54, 1.807) is 14.2 Å². The predicted octanol–water partition coefficient (Wildman–Crippen LogP) is 2.80. The van der Waals surface area contributed by atoms with E-state index in [1.165, 1.54) is 4.90 Å². The van der Waals surface area contributed by atoms with E-state index in [9.17, 15) is 4.79 Å². The summed E-state index contributed by atoms with van der Waals surface area (Å²) in [6, 6.07) is 3.83. The van der Waals surface area contributed by atoms with E-state index in [0.29, 0.717) is 5.75 Å². The second-order valence-corrected chi connectivity index (χ2v) is 3.83. The maximum Gasteiger partial charge on any atom is 0.282 e. The molecule has 0 N–H and O–H groups in total. The number of ether oxygens (including phenoxy) is 1. The van der Waals surface area contributed by atoms with Crippen LogP contribution in [0.2, 0.25) is 0 Å². The number of benzene rings is 1. The second-order valence-electron chi connectivity index (χ2n) is 3.45. The number of hydrogen-bond acceptors (Lipinski definition) is 2. The topological polar surface area (TPSA) is 29.5 Å². The van der Waals surface area contributed by atoms with Gasteiger partial charge >= 0.3 is 0 Å². The van der Waals surface area contributed by atoms with Crippen molar-refractivity contribution in [3.8, 4) is 5.75 Å². The first-order valence-corrected chi connectivity index (χ1v) is 5.04. The molecule has 0 bridgehead atoms. The number of rotatable bonds is 2. The quantitative estimate of drug-likeness (QED) is 0.784. The van der Waals surface area contributed by atoms with Gasteiger partial charge in [0.05, 0.1) is 12.8 Å². The Balaban J connectivity index is 3.27. The zero-order valence-corrected chi connectivity index (χ0v) is 10.3. The molecule has 0 heterocycles. The summed E-state index contributed by atoms with van der Waals surface area (Å²) in [5, 5.41) is -0.309. The van der Waals surface area contributed by atoms with Gasteiger partial charge in [-0.1, -0.05) is 12.6 Å². The minimum Gasteiger partial charge on any atom is -0.495 e. The highest BCUT2D eigenvalue weighted by atomic mass is 32.1. The van der Waals surface area contributed by atoms with Crippen LogP contribution in [0.5, 0.6) is 5.75 Å². The highest BCUT2D eigenvalue weighted by Gasteiger charge is 2.13. The highest BCUT2D eigenvalue weighted by molar-refractivity contribution is 7.96. The van der Waals surface area contributed by atoms with Gasteiger partial charge in [-0.2, -0.15) is 0 Å². The summed E-state index contributed by atoms with van der Waals surface area (Å²) in [5.41, 5.74) is 2.99. The van der Waals surface area contributed by atoms with Crippen LogP contribution in [0.25, 0.3) is 0 Å². The van der Waals surface area contributed by atoms with E-state index in [4.69, 9.17) is 4.74 Å². The van der Waals surface area contributed by atoms with E-state index in [2.05, 4.69) is 12.6 Å². The van der Waals surface area contributed by atoms with Gasteiger partial charge in [-0.05, 0) is 37.1 Å². The Bertz CT molecular complexity index is 390. The van der Waals surface area contributed by atoms with Crippen molar-refractivity contribution in [1.82, 2.24) is 0 Å². The standard InChI is InChI=1S/C11H15NO2S/c1-7-5-9(12(3)11(13)15)10(14-4)6-8(7)2/h5-6H,1-4H3,(H,13,15). The summed E-state index contributed by atoms with van der Waals surface area (Å²) in [6.07, 6.45) is 0. The van der Waals surface area contributed by atoms with Gasteiger partial charge in [-0.25, -0.2) is 0 Å². The van der Waals surface area contributed by atoms with Gasteiger partial charge in [-0.3, -0.25) is 4.79 Å². The molecule has 0 unspecified atom stereocenters. The number of methoxy groups -OCH3 is 1. The van der Waals surface area contributed by atoms with Gasteiger partial charge in [0, 0.05) is 7.05 Å². The molecule has 1 amide bonds. The Hall–Kier alpha value is -1.16. The third-order valence-electron chi connectivity index (χ3n) is 2.44. The van der Waals surface area contributed by atoms with Crippen molar-refractivity contribution in [1.29, 1.82) is 0 Å². The predicted molar refractivity (Wildman–Crippen MR) is 65.3 cm³/mol. The Morgan fingerprint density at radius 1 is 1.33 bits per heavy atom. The molecule has 0 spiro atoms. The van der Waals surface area contributed by atoms with Crippen molar-refractivity contribution in [3.63, 3.8) is 0 Å². The van der Waals surface area contributed by atoms with Crippen LogP contribution in [0.4, 0.5) is 10.5 Å². The third kappa shape index (κ3) is 2.45. The summed E-state index contributed by atoms with van der Waals surface area (Å²) in [5.74, 6) is 0.683. The van der Waals surface area contributed by atoms with E-state index in [-0.39, 0.29) is 5.24 Å². The SMILES string of the molecule is COc1cc(C)c(C)cc1N(C)C(=O)S. The molecular weight excluding hydrogens is 210 g/mol. The Labute approximate surface area is 95.4 Å². The fourth-order valence-electron chi connectivity index (χ4n) is 1.30. The molecule has 0 saturated heterocycles. The summed E-state index contributed by atoms with van der Waals surface area (Å²) >= 11 is 3.78. The second kappa shape index (κ2) is 4.57. The minimum absolute atomic E-state index is 0.309. The summed E-state index contributed by atoms with van der Waals surface area (Å²) in [7, 11) is 3.26. The monoisotopic (exact) mass is 225 g/mol. The molecule has 0 aliphatic heterocycles. The third-order valence-corrected chi connectivity index (χ3v) is 2.74. The number of nitrogens with zero attached hydrogens (tertiary/aromatic N) is 1. The van der Waals surface area contributed by atoms with Crippen molar-refractivity contribution in [2.24, 2.45) is 0 Å². The molecule has 82 valence electrons. The zero-order chi connectivity index (χ0) is 11.6. The van der Waals surface area contributed by atoms with Gasteiger partial charge in [-0.15, -0.1) is 0 Å². The number of carbonyl (C=O) groups is 1. The average molecular weight is 225 g/mol. The van der Waals surface area contributed by atoms with Gasteiger partial charge in [0.2, 0.25) is 0 Å². The van der Waals surface area contributed by atoms with E-state index >= 15 is 0 Å². The number of aryl methyl sites for hydroxylation is 2. The summed E-state index contributed by atoms with van der Waals surface area (Å²) < 4.78 is 5.22. The van der Waals surface area contributed by atoms with Crippen LogP contribution >= 0.6 is 12.6 Å². The van der Waals surface area contributed by atoms with Gasteiger partial charge in [0.15, 0.2) is 0 Å². The van der Waals surface area contributed by atoms with Crippen molar-refractivity contribution >= 4 is 23.6 Å². The van der Waals surface area contributed by atoms with Crippen LogP contribution in [0.1, 0.15) is 11.1 Å². The molecule has 0 aliphatic rings. The van der Waals surface area contributed by atoms with Crippen molar-refractivity contribution < 1.29 is 9.53 Å². The van der Waals surface area contributed by atoms with E-state index in [1.807, 2.05) is 26.0 Å². The lowest BCUT2D eigenvalue weighted by molar-refractivity contribution is 0.266. The molecule has 0 radical (unpaired) electrons. The highest BCUT2D eigenvalue weighted by Crippen LogP contribution is 2.31. The Morgan fingerprint density at radius 2 is 1.87 bits per heavy atom. The number of hydrogen-bond donors (Lipinski definition) is 1. The molecule has 1 aromatic carbocycles. The maximum absolute atomic E-state index is 11.1. The molecule has 15 heavy (non-hydrogen) atoms. The van der Waals surface area contributed by atoms with Gasteiger partial charge in [0.1, 0.15) is 5.75 Å². The molecule has 1 aromatic rings. The van der Waals surface area contributed by atoms with E-state index < -0.39 is 0 Å². The molecule has 0 atom stereocenters. The minimum atomic E-state index is -0.309. The molecular formula is C11H15NO2S. The van der Waals surface area contributed by atoms with Crippen molar-refractivity contribution in [2.45, 2.75) is 13.8 Å². The summed E-state index contributed by atoms with van der Waals surface area (Å²) in [4.78, 5) is 12.6. The number of amides is 1. The smallest absolute Gasteiger partial charge is 0.282 e. The normalized spacial score (nSPS) is 9.93. The fourth-order valence-corrected chi connectivity index (χ4v) is 1.41. The van der Waals surface area contributed by atoms with Crippen LogP contribution in [0, 0.1) is 13.8 Å². The van der Waals surface area contributed by atoms with E-state index in [0.717, 1.165) is 16.8 Å². The number of thiol groups is 1. The lowest BCUT2D eigenvalue weighted by atomic mass is 10.1. The molecule has 0 fully saturated rings. The molecule has 4 heteroatoms. The lowest BCUT2D eigenvalue weighted by Gasteiger charge is -2.19. The Kier molecular flexibility index (Phi) is 3.63. The summed E-state index contributed by atoms with van der Waals surface area (Å²) in [6.45, 7) is 4.00. The van der Waals surface area contributed by atoms with Crippen molar-refractivity contribution in [2.75, 3.05) is 19.1 Å². The van der Waals surface area contributed by atoms with Crippen LogP contribution < -0.4 is 9.64 Å². The molecule has 1 rings (SSSR count). The Morgan fingerprint density at radius 3 is 2.33 bits per heavy atom. The number of carbonyl (C=O) groups excluding carboxylic acids is 1. The van der Waals surface area contributed by atoms with Crippen LogP contribution in [-0.4, -0.2) is 19.4 Å². The fraction of sp³-hybridized carbons (Fsp3) is 0.364. The number of anilines is 1. The average Bonchev–Trinajstić information content (AvgIpc) is 2.20.